The molecule has 0 radical (unpaired) electrons. The highest BCUT2D eigenvalue weighted by molar-refractivity contribution is 7.91. The molecule has 100 valence electrons. The lowest BCUT2D eigenvalue weighted by atomic mass is 10.3. The Balaban J connectivity index is 2.59. The summed E-state index contributed by atoms with van der Waals surface area (Å²) in [7, 11) is -3.58. The predicted octanol–water partition coefficient (Wildman–Crippen LogP) is -0.421. The second-order valence-electron chi connectivity index (χ2n) is 3.89. The van der Waals surface area contributed by atoms with E-state index in [1.807, 2.05) is 0 Å². The van der Waals surface area contributed by atoms with Gasteiger partial charge in [-0.15, -0.1) is 0 Å². The standard InChI is InChI=1S/C11H10N2O5S/c14-4-1-5-19(17,18)7-2-3-8-9(6-7)13-11(16)10(15)12-8/h2-4,6H,1,5H2,(H,12,15)(H,13,16). The van der Waals surface area contributed by atoms with Crippen molar-refractivity contribution in [3.8, 4) is 0 Å². The summed E-state index contributed by atoms with van der Waals surface area (Å²) in [6.45, 7) is 0. The van der Waals surface area contributed by atoms with Crippen LogP contribution in [0.15, 0.2) is 32.7 Å². The molecule has 7 nitrogen and oxygen atoms in total. The molecule has 8 heteroatoms. The first-order valence-corrected chi connectivity index (χ1v) is 7.02. The van der Waals surface area contributed by atoms with Crippen LogP contribution in [0.25, 0.3) is 11.0 Å². The topological polar surface area (TPSA) is 117 Å². The van der Waals surface area contributed by atoms with Crippen LogP contribution in [-0.2, 0) is 14.6 Å². The number of fused-ring (bicyclic) bond motifs is 1. The Morgan fingerprint density at radius 2 is 1.68 bits per heavy atom. The first kappa shape index (κ1) is 13.2. The van der Waals surface area contributed by atoms with E-state index in [-0.39, 0.29) is 22.6 Å². The van der Waals surface area contributed by atoms with Crippen LogP contribution in [0.3, 0.4) is 0 Å². The molecule has 1 aromatic heterocycles. The van der Waals surface area contributed by atoms with Gasteiger partial charge in [-0.1, -0.05) is 0 Å². The Kier molecular flexibility index (Phi) is 3.34. The molecule has 0 aliphatic rings. The normalized spacial score (nSPS) is 11.6. The zero-order chi connectivity index (χ0) is 14.0. The number of hydrogen-bond acceptors (Lipinski definition) is 5. The Bertz CT molecular complexity index is 847. The number of aromatic amines is 2. The third-order valence-corrected chi connectivity index (χ3v) is 4.30. The minimum absolute atomic E-state index is 0.00968. The summed E-state index contributed by atoms with van der Waals surface area (Å²) in [6, 6.07) is 3.96. The fourth-order valence-electron chi connectivity index (χ4n) is 1.61. The van der Waals surface area contributed by atoms with E-state index in [0.717, 1.165) is 0 Å². The molecule has 2 N–H and O–H groups in total. The van der Waals surface area contributed by atoms with Crippen LogP contribution in [0.2, 0.25) is 0 Å². The van der Waals surface area contributed by atoms with Crippen LogP contribution >= 0.6 is 0 Å². The number of nitrogens with one attached hydrogen (secondary N) is 2. The van der Waals surface area contributed by atoms with Gasteiger partial charge in [0, 0.05) is 6.42 Å². The molecule has 0 aliphatic heterocycles. The van der Waals surface area contributed by atoms with Gasteiger partial charge in [0.25, 0.3) is 0 Å². The molecule has 1 heterocycles. The number of benzene rings is 1. The van der Waals surface area contributed by atoms with Gasteiger partial charge in [-0.05, 0) is 18.2 Å². The lowest BCUT2D eigenvalue weighted by Gasteiger charge is -2.04. The Morgan fingerprint density at radius 1 is 1.05 bits per heavy atom. The van der Waals surface area contributed by atoms with Crippen molar-refractivity contribution in [3.63, 3.8) is 0 Å². The Labute approximate surface area is 107 Å². The first-order valence-electron chi connectivity index (χ1n) is 5.37. The van der Waals surface area contributed by atoms with Gasteiger partial charge in [-0.2, -0.15) is 0 Å². The maximum absolute atomic E-state index is 11.9. The smallest absolute Gasteiger partial charge is 0.314 e. The molecular weight excluding hydrogens is 272 g/mol. The monoisotopic (exact) mass is 282 g/mol. The fraction of sp³-hybridized carbons (Fsp3) is 0.182. The number of aldehydes is 1. The predicted molar refractivity (Wildman–Crippen MR) is 67.9 cm³/mol. The quantitative estimate of drug-likeness (QED) is 0.583. The molecule has 0 bridgehead atoms. The number of carbonyl (C=O) groups is 1. The van der Waals surface area contributed by atoms with Crippen molar-refractivity contribution in [2.75, 3.05) is 5.75 Å². The fourth-order valence-corrected chi connectivity index (χ4v) is 2.82. The molecular formula is C11H10N2O5S. The molecule has 0 saturated carbocycles. The lowest BCUT2D eigenvalue weighted by molar-refractivity contribution is -0.107. The van der Waals surface area contributed by atoms with Crippen LogP contribution in [0.1, 0.15) is 6.42 Å². The largest absolute Gasteiger partial charge is 0.316 e. The van der Waals surface area contributed by atoms with Crippen molar-refractivity contribution >= 4 is 27.2 Å². The van der Waals surface area contributed by atoms with E-state index in [0.29, 0.717) is 11.8 Å². The molecule has 0 fully saturated rings. The summed E-state index contributed by atoms with van der Waals surface area (Å²) in [4.78, 5) is 37.1. The van der Waals surface area contributed by atoms with Gasteiger partial charge in [0.2, 0.25) is 0 Å². The molecule has 0 aliphatic carbocycles. The second-order valence-corrected chi connectivity index (χ2v) is 6.00. The summed E-state index contributed by atoms with van der Waals surface area (Å²) in [6.07, 6.45) is 0.431. The number of rotatable bonds is 4. The van der Waals surface area contributed by atoms with Crippen LogP contribution in [-0.4, -0.2) is 30.4 Å². The average Bonchev–Trinajstić information content (AvgIpc) is 2.37. The lowest BCUT2D eigenvalue weighted by Crippen LogP contribution is -2.28. The molecule has 1 aromatic carbocycles. The van der Waals surface area contributed by atoms with E-state index in [1.54, 1.807) is 0 Å². The minimum atomic E-state index is -3.58. The van der Waals surface area contributed by atoms with E-state index in [1.165, 1.54) is 18.2 Å². The number of aromatic nitrogens is 2. The summed E-state index contributed by atoms with van der Waals surface area (Å²) in [5.74, 6) is -0.296. The average molecular weight is 282 g/mol. The third-order valence-electron chi connectivity index (χ3n) is 2.56. The zero-order valence-corrected chi connectivity index (χ0v) is 10.5. The van der Waals surface area contributed by atoms with Crippen molar-refractivity contribution in [3.05, 3.63) is 38.9 Å². The molecule has 0 atom stereocenters. The van der Waals surface area contributed by atoms with Gasteiger partial charge in [0.05, 0.1) is 21.7 Å². The summed E-state index contributed by atoms with van der Waals surface area (Å²) in [5, 5.41) is 0. The van der Waals surface area contributed by atoms with Gasteiger partial charge < -0.3 is 14.8 Å². The molecule has 0 spiro atoms. The highest BCUT2D eigenvalue weighted by Crippen LogP contribution is 2.16. The van der Waals surface area contributed by atoms with Crippen LogP contribution < -0.4 is 11.1 Å². The van der Waals surface area contributed by atoms with Crippen molar-refractivity contribution in [2.45, 2.75) is 11.3 Å². The SMILES string of the molecule is O=CCCS(=O)(=O)c1ccc2[nH]c(=O)c(=O)[nH]c2c1. The zero-order valence-electron chi connectivity index (χ0n) is 9.67. The maximum atomic E-state index is 11.9. The molecule has 0 saturated heterocycles. The van der Waals surface area contributed by atoms with Crippen molar-refractivity contribution < 1.29 is 13.2 Å². The van der Waals surface area contributed by atoms with Gasteiger partial charge >= 0.3 is 11.1 Å². The number of hydrogen-bond donors (Lipinski definition) is 2. The van der Waals surface area contributed by atoms with E-state index in [9.17, 15) is 22.8 Å². The summed E-state index contributed by atoms with van der Waals surface area (Å²) < 4.78 is 23.7. The van der Waals surface area contributed by atoms with E-state index in [4.69, 9.17) is 0 Å². The minimum Gasteiger partial charge on any atom is -0.316 e. The molecule has 2 aromatic rings. The number of carbonyl (C=O) groups excluding carboxylic acids is 1. The van der Waals surface area contributed by atoms with Gasteiger partial charge in [0.15, 0.2) is 9.84 Å². The Morgan fingerprint density at radius 3 is 2.32 bits per heavy atom. The molecule has 0 amide bonds. The highest BCUT2D eigenvalue weighted by Gasteiger charge is 2.14. The number of sulfone groups is 1. The van der Waals surface area contributed by atoms with Gasteiger partial charge in [0.1, 0.15) is 6.29 Å². The van der Waals surface area contributed by atoms with Crippen LogP contribution in [0.5, 0.6) is 0 Å². The second kappa shape index (κ2) is 4.81. The van der Waals surface area contributed by atoms with Crippen LogP contribution in [0, 0.1) is 0 Å². The molecule has 2 rings (SSSR count). The summed E-state index contributed by atoms with van der Waals surface area (Å²) in [5.41, 5.74) is -1.10. The van der Waals surface area contributed by atoms with Gasteiger partial charge in [-0.3, -0.25) is 9.59 Å². The molecule has 0 unspecified atom stereocenters. The van der Waals surface area contributed by atoms with Crippen molar-refractivity contribution in [2.24, 2.45) is 0 Å². The number of H-pyrrole nitrogens is 2. The van der Waals surface area contributed by atoms with E-state index < -0.39 is 21.0 Å². The van der Waals surface area contributed by atoms with E-state index in [2.05, 4.69) is 9.97 Å². The molecule has 19 heavy (non-hydrogen) atoms. The van der Waals surface area contributed by atoms with Crippen molar-refractivity contribution in [1.29, 1.82) is 0 Å². The summed E-state index contributed by atoms with van der Waals surface area (Å²) >= 11 is 0. The van der Waals surface area contributed by atoms with Gasteiger partial charge in [-0.25, -0.2) is 8.42 Å². The Hall–Kier alpha value is -2.22. The highest BCUT2D eigenvalue weighted by atomic mass is 32.2. The third kappa shape index (κ3) is 2.63. The van der Waals surface area contributed by atoms with Crippen molar-refractivity contribution in [1.82, 2.24) is 9.97 Å². The first-order chi connectivity index (χ1) is 8.94. The van der Waals surface area contributed by atoms with E-state index >= 15 is 0 Å². The maximum Gasteiger partial charge on any atom is 0.314 e. The van der Waals surface area contributed by atoms with Crippen LogP contribution in [0.4, 0.5) is 0 Å².